The smallest absolute Gasteiger partial charge is 0.214 e. The molecule has 28 heavy (non-hydrogen) atoms. The minimum absolute atomic E-state index is 0.0256. The maximum absolute atomic E-state index is 12.5. The van der Waals surface area contributed by atoms with Crippen molar-refractivity contribution >= 4 is 30.9 Å². The highest BCUT2D eigenvalue weighted by molar-refractivity contribution is 7.94. The summed E-state index contributed by atoms with van der Waals surface area (Å²) in [6.45, 7) is 21.2. The maximum atomic E-state index is 12.5. The van der Waals surface area contributed by atoms with Crippen molar-refractivity contribution in [1.29, 1.82) is 0 Å². The van der Waals surface area contributed by atoms with E-state index in [2.05, 4.69) is 0 Å². The van der Waals surface area contributed by atoms with E-state index in [4.69, 9.17) is 0 Å². The van der Waals surface area contributed by atoms with E-state index in [1.54, 1.807) is 41.5 Å². The summed E-state index contributed by atoms with van der Waals surface area (Å²) in [4.78, 5) is 35.5. The van der Waals surface area contributed by atoms with Gasteiger partial charge in [-0.15, -0.1) is 0 Å². The third kappa shape index (κ3) is 6.77. The van der Waals surface area contributed by atoms with Crippen LogP contribution in [0.5, 0.6) is 0 Å². The normalized spacial score (nSPS) is 12.8. The lowest BCUT2D eigenvalue weighted by Crippen LogP contribution is -2.23. The molecule has 0 rings (SSSR count). The predicted molar refractivity (Wildman–Crippen MR) is 120 cm³/mol. The average Bonchev–Trinajstić information content (AvgIpc) is 2.57. The highest BCUT2D eigenvalue weighted by Gasteiger charge is 2.44. The first-order chi connectivity index (χ1) is 12.4. The molecule has 166 valence electrons. The number of rotatable bonds is 9. The van der Waals surface area contributed by atoms with E-state index in [1.807, 2.05) is 41.5 Å². The molecule has 0 bridgehead atoms. The highest BCUT2D eigenvalue weighted by Crippen LogP contribution is 2.57. The van der Waals surface area contributed by atoms with Crippen LogP contribution in [0, 0.1) is 17.8 Å². The molecule has 0 N–H and O–H groups in total. The summed E-state index contributed by atoms with van der Waals surface area (Å²) in [6, 6.07) is 0. The molecule has 0 saturated heterocycles. The van der Waals surface area contributed by atoms with Crippen molar-refractivity contribution in [2.75, 3.05) is 0 Å². The van der Waals surface area contributed by atoms with Crippen molar-refractivity contribution in [3.05, 3.63) is 0 Å². The molecule has 0 radical (unpaired) electrons. The molecule has 0 spiro atoms. The molecule has 0 heterocycles. The molecule has 0 aromatic rings. The van der Waals surface area contributed by atoms with Gasteiger partial charge in [0, 0.05) is 34.7 Å². The van der Waals surface area contributed by atoms with Crippen molar-refractivity contribution in [1.82, 2.24) is 0 Å². The minimum atomic E-state index is -3.36. The van der Waals surface area contributed by atoms with Crippen LogP contribution in [0.25, 0.3) is 0 Å². The SMILES string of the molecule is CC(C)C(=O)P(=O)(C(=O)C(C)C)C(C)C.CC(C)C(=O)P(=O)(C(C)C)C(C)C. The molecule has 0 aromatic heterocycles. The summed E-state index contributed by atoms with van der Waals surface area (Å²) in [5.74, 6) is -0.808. The molecule has 0 atom stereocenters. The molecular formula is C21H42O5P2. The Hall–Kier alpha value is -0.530. The number of hydrogen-bond acceptors (Lipinski definition) is 5. The second-order valence-electron chi connectivity index (χ2n) is 9.13. The fourth-order valence-corrected chi connectivity index (χ4v) is 8.68. The first kappa shape index (κ1) is 29.7. The molecule has 0 aliphatic heterocycles. The summed E-state index contributed by atoms with van der Waals surface area (Å²) in [5, 5.41) is 0. The van der Waals surface area contributed by atoms with E-state index in [1.165, 1.54) is 0 Å². The van der Waals surface area contributed by atoms with Crippen molar-refractivity contribution in [3.8, 4) is 0 Å². The van der Waals surface area contributed by atoms with Gasteiger partial charge in [0.05, 0.1) is 0 Å². The van der Waals surface area contributed by atoms with Gasteiger partial charge in [0.15, 0.2) is 12.7 Å². The topological polar surface area (TPSA) is 85.3 Å². The second kappa shape index (κ2) is 11.6. The fourth-order valence-electron chi connectivity index (χ4n) is 2.89. The van der Waals surface area contributed by atoms with Gasteiger partial charge in [-0.3, -0.25) is 14.4 Å². The molecule has 7 heteroatoms. The fraction of sp³-hybridized carbons (Fsp3) is 0.857. The monoisotopic (exact) mass is 436 g/mol. The van der Waals surface area contributed by atoms with Crippen LogP contribution in [0.2, 0.25) is 0 Å². The van der Waals surface area contributed by atoms with E-state index in [-0.39, 0.29) is 51.3 Å². The van der Waals surface area contributed by atoms with E-state index in [0.29, 0.717) is 0 Å². The standard InChI is InChI=1S/C11H21O3P.C10H21O2P/c1-7(2)10(12)15(14,9(5)6)11(13)8(3)4;1-7(2)10(11)13(12,8(3)4)9(5)6/h7-9H,1-6H3;7-9H,1-6H3. The number of carbonyl (C=O) groups is 3. The van der Waals surface area contributed by atoms with E-state index in [0.717, 1.165) is 0 Å². The van der Waals surface area contributed by atoms with Crippen LogP contribution in [0.1, 0.15) is 83.1 Å². The van der Waals surface area contributed by atoms with Crippen LogP contribution < -0.4 is 0 Å². The predicted octanol–water partition coefficient (Wildman–Crippen LogP) is 6.47. The molecule has 5 nitrogen and oxygen atoms in total. The van der Waals surface area contributed by atoms with Gasteiger partial charge in [0.1, 0.15) is 0 Å². The molecule has 0 amide bonds. The quantitative estimate of drug-likeness (QED) is 0.387. The molecule has 0 aliphatic carbocycles. The summed E-state index contributed by atoms with van der Waals surface area (Å²) < 4.78 is 24.9. The molecule has 0 aromatic carbocycles. The second-order valence-corrected chi connectivity index (χ2v) is 16.3. The first-order valence-corrected chi connectivity index (χ1v) is 13.8. The third-order valence-corrected chi connectivity index (χ3v) is 12.8. The first-order valence-electron chi connectivity index (χ1n) is 10.2. The Morgan fingerprint density at radius 3 is 0.821 bits per heavy atom. The molecule has 0 fully saturated rings. The average molecular weight is 437 g/mol. The van der Waals surface area contributed by atoms with Gasteiger partial charge >= 0.3 is 0 Å². The summed E-state index contributed by atoms with van der Waals surface area (Å²) in [6.07, 6.45) is 0. The van der Waals surface area contributed by atoms with Crippen LogP contribution in [-0.4, -0.2) is 33.5 Å². The van der Waals surface area contributed by atoms with Gasteiger partial charge in [0.2, 0.25) is 18.2 Å². The van der Waals surface area contributed by atoms with Gasteiger partial charge in [-0.05, 0) is 0 Å². The van der Waals surface area contributed by atoms with Crippen LogP contribution in [0.15, 0.2) is 0 Å². The van der Waals surface area contributed by atoms with Crippen LogP contribution >= 0.6 is 14.3 Å². The zero-order valence-corrected chi connectivity index (χ0v) is 21.7. The Morgan fingerprint density at radius 2 is 0.714 bits per heavy atom. The van der Waals surface area contributed by atoms with E-state index in [9.17, 15) is 23.5 Å². The molecular weight excluding hydrogens is 394 g/mol. The lowest BCUT2D eigenvalue weighted by molar-refractivity contribution is -0.118. The molecule has 0 aliphatic rings. The summed E-state index contributed by atoms with van der Waals surface area (Å²) in [5.41, 5.74) is -1.24. The highest BCUT2D eigenvalue weighted by atomic mass is 31.2. The summed E-state index contributed by atoms with van der Waals surface area (Å²) >= 11 is 0. The lowest BCUT2D eigenvalue weighted by atomic mass is 10.2. The van der Waals surface area contributed by atoms with Gasteiger partial charge in [0.25, 0.3) is 0 Å². The van der Waals surface area contributed by atoms with E-state index < -0.39 is 14.3 Å². The van der Waals surface area contributed by atoms with Crippen molar-refractivity contribution in [3.63, 3.8) is 0 Å². The number of hydrogen-bond donors (Lipinski definition) is 0. The Balaban J connectivity index is 0. The largest absolute Gasteiger partial charge is 0.315 e. The Morgan fingerprint density at radius 1 is 0.464 bits per heavy atom. The molecule has 0 unspecified atom stereocenters. The lowest BCUT2D eigenvalue weighted by Gasteiger charge is -2.25. The van der Waals surface area contributed by atoms with Gasteiger partial charge in [-0.2, -0.15) is 0 Å². The Kier molecular flexibility index (Phi) is 12.3. The minimum Gasteiger partial charge on any atom is -0.315 e. The zero-order valence-electron chi connectivity index (χ0n) is 19.9. The molecule has 0 saturated carbocycles. The zero-order chi connectivity index (χ0) is 23.2. The van der Waals surface area contributed by atoms with Gasteiger partial charge in [-0.25, -0.2) is 0 Å². The van der Waals surface area contributed by atoms with Crippen LogP contribution in [-0.2, 0) is 23.5 Å². The summed E-state index contributed by atoms with van der Waals surface area (Å²) in [7, 11) is -6.01. The van der Waals surface area contributed by atoms with Crippen LogP contribution in [0.3, 0.4) is 0 Å². The van der Waals surface area contributed by atoms with Gasteiger partial charge < -0.3 is 9.13 Å². The van der Waals surface area contributed by atoms with Crippen molar-refractivity contribution in [2.24, 2.45) is 17.8 Å². The Bertz CT molecular complexity index is 607. The van der Waals surface area contributed by atoms with Crippen molar-refractivity contribution in [2.45, 2.75) is 100 Å². The third-order valence-electron chi connectivity index (χ3n) is 4.74. The van der Waals surface area contributed by atoms with E-state index >= 15 is 0 Å². The van der Waals surface area contributed by atoms with Crippen LogP contribution in [0.4, 0.5) is 0 Å². The van der Waals surface area contributed by atoms with Crippen molar-refractivity contribution < 1.29 is 23.5 Å². The maximum Gasteiger partial charge on any atom is 0.214 e. The van der Waals surface area contributed by atoms with Gasteiger partial charge in [-0.1, -0.05) is 83.1 Å². The number of carbonyl (C=O) groups excluding carboxylic acids is 3. The Labute approximate surface area is 172 Å².